The molecule has 0 spiro atoms. The number of halogens is 1. The van der Waals surface area contributed by atoms with Gasteiger partial charge in [-0.25, -0.2) is 0 Å². The van der Waals surface area contributed by atoms with Gasteiger partial charge < -0.3 is 5.32 Å². The van der Waals surface area contributed by atoms with Crippen molar-refractivity contribution in [2.24, 2.45) is 0 Å². The molecule has 1 N–H and O–H groups in total. The van der Waals surface area contributed by atoms with Gasteiger partial charge in [-0.1, -0.05) is 11.6 Å². The Labute approximate surface area is 154 Å². The summed E-state index contributed by atoms with van der Waals surface area (Å²) in [5.74, 6) is -0.0877. The summed E-state index contributed by atoms with van der Waals surface area (Å²) in [4.78, 5) is 16.6. The van der Waals surface area contributed by atoms with Crippen LogP contribution in [0, 0.1) is 11.3 Å². The molecule has 0 bridgehead atoms. The molecule has 24 heavy (non-hydrogen) atoms. The zero-order valence-electron chi connectivity index (χ0n) is 13.4. The molecular formula is C17H18ClN3OS2. The number of hydrogen-bond acceptors (Lipinski definition) is 5. The normalized spacial score (nSPS) is 13.6. The third kappa shape index (κ3) is 3.98. The molecule has 0 atom stereocenters. The van der Waals surface area contributed by atoms with Crippen LogP contribution < -0.4 is 5.32 Å². The number of nitrogens with zero attached hydrogens (tertiary/aromatic N) is 2. The van der Waals surface area contributed by atoms with Gasteiger partial charge in [-0.2, -0.15) is 5.26 Å². The summed E-state index contributed by atoms with van der Waals surface area (Å²) < 4.78 is 0.755. The number of rotatable bonds is 5. The summed E-state index contributed by atoms with van der Waals surface area (Å²) in [5.41, 5.74) is 1.81. The Morgan fingerprint density at radius 2 is 2.17 bits per heavy atom. The Hall–Kier alpha value is -1.39. The summed E-state index contributed by atoms with van der Waals surface area (Å²) in [5, 5.41) is 13.1. The van der Waals surface area contributed by atoms with Gasteiger partial charge >= 0.3 is 0 Å². The summed E-state index contributed by atoms with van der Waals surface area (Å²) in [7, 11) is 1.90. The molecule has 1 aliphatic rings. The Morgan fingerprint density at radius 1 is 1.38 bits per heavy atom. The van der Waals surface area contributed by atoms with E-state index in [0.717, 1.165) is 40.5 Å². The molecule has 1 amide bonds. The second kappa shape index (κ2) is 7.66. The molecule has 2 aromatic rings. The van der Waals surface area contributed by atoms with E-state index < -0.39 is 0 Å². The van der Waals surface area contributed by atoms with Crippen molar-refractivity contribution < 1.29 is 4.79 Å². The van der Waals surface area contributed by atoms with E-state index in [-0.39, 0.29) is 12.5 Å². The second-order valence-corrected chi connectivity index (χ2v) is 8.86. The molecule has 0 saturated carbocycles. The summed E-state index contributed by atoms with van der Waals surface area (Å²) >= 11 is 9.01. The lowest BCUT2D eigenvalue weighted by Gasteiger charge is -2.14. The number of carbonyl (C=O) groups excluding carboxylic acids is 1. The van der Waals surface area contributed by atoms with Gasteiger partial charge in [-0.05, 0) is 50.4 Å². The van der Waals surface area contributed by atoms with Crippen LogP contribution in [0.5, 0.6) is 0 Å². The number of fused-ring (bicyclic) bond motifs is 1. The fraction of sp³-hybridized carbons (Fsp3) is 0.412. The first-order valence-corrected chi connectivity index (χ1v) is 9.85. The highest BCUT2D eigenvalue weighted by Gasteiger charge is 2.22. The Bertz CT molecular complexity index is 790. The van der Waals surface area contributed by atoms with Crippen LogP contribution in [-0.2, 0) is 24.2 Å². The van der Waals surface area contributed by atoms with Crippen LogP contribution in [0.3, 0.4) is 0 Å². The van der Waals surface area contributed by atoms with E-state index in [1.807, 2.05) is 24.1 Å². The van der Waals surface area contributed by atoms with Crippen LogP contribution in [0.2, 0.25) is 4.34 Å². The van der Waals surface area contributed by atoms with Crippen LogP contribution in [-0.4, -0.2) is 24.4 Å². The number of thiophene rings is 2. The van der Waals surface area contributed by atoms with Crippen molar-refractivity contribution in [1.82, 2.24) is 4.90 Å². The lowest BCUT2D eigenvalue weighted by molar-refractivity contribution is -0.117. The average molecular weight is 380 g/mol. The van der Waals surface area contributed by atoms with Crippen LogP contribution in [0.15, 0.2) is 12.1 Å². The molecule has 0 fully saturated rings. The fourth-order valence-corrected chi connectivity index (χ4v) is 5.37. The minimum absolute atomic E-state index is 0.0877. The molecule has 2 heterocycles. The Morgan fingerprint density at radius 3 is 2.88 bits per heavy atom. The zero-order chi connectivity index (χ0) is 17.1. The largest absolute Gasteiger partial charge is 0.315 e. The zero-order valence-corrected chi connectivity index (χ0v) is 15.8. The Kier molecular flexibility index (Phi) is 5.57. The maximum Gasteiger partial charge on any atom is 0.239 e. The lowest BCUT2D eigenvalue weighted by atomic mass is 9.96. The number of aryl methyl sites for hydroxylation is 1. The van der Waals surface area contributed by atoms with Crippen LogP contribution in [0.1, 0.15) is 33.7 Å². The lowest BCUT2D eigenvalue weighted by Crippen LogP contribution is -2.29. The first-order valence-electron chi connectivity index (χ1n) is 7.84. The molecule has 2 aromatic heterocycles. The van der Waals surface area contributed by atoms with Gasteiger partial charge in [0.15, 0.2) is 0 Å². The molecule has 0 radical (unpaired) electrons. The van der Waals surface area contributed by atoms with Crippen LogP contribution in [0.25, 0.3) is 0 Å². The monoisotopic (exact) mass is 379 g/mol. The number of nitrogens with one attached hydrogen (secondary N) is 1. The smallest absolute Gasteiger partial charge is 0.239 e. The van der Waals surface area contributed by atoms with Gasteiger partial charge in [-0.15, -0.1) is 22.7 Å². The summed E-state index contributed by atoms with van der Waals surface area (Å²) in [6.07, 6.45) is 4.25. The summed E-state index contributed by atoms with van der Waals surface area (Å²) in [6, 6.07) is 6.11. The predicted octanol–water partition coefficient (Wildman–Crippen LogP) is 4.28. The highest BCUT2D eigenvalue weighted by molar-refractivity contribution is 7.16. The third-order valence-corrected chi connectivity index (χ3v) is 6.43. The van der Waals surface area contributed by atoms with Crippen molar-refractivity contribution >= 4 is 45.2 Å². The second-order valence-electron chi connectivity index (χ2n) is 5.95. The van der Waals surface area contributed by atoms with E-state index in [4.69, 9.17) is 11.6 Å². The molecule has 0 aliphatic heterocycles. The van der Waals surface area contributed by atoms with Gasteiger partial charge in [0.2, 0.25) is 5.91 Å². The van der Waals surface area contributed by atoms with Gasteiger partial charge in [0.05, 0.1) is 16.4 Å². The van der Waals surface area contributed by atoms with Gasteiger partial charge in [-0.3, -0.25) is 9.69 Å². The van der Waals surface area contributed by atoms with Crippen molar-refractivity contribution in [3.63, 3.8) is 0 Å². The van der Waals surface area contributed by atoms with E-state index in [9.17, 15) is 10.1 Å². The molecule has 1 aliphatic carbocycles. The molecule has 0 unspecified atom stereocenters. The highest BCUT2D eigenvalue weighted by atomic mass is 35.5. The quantitative estimate of drug-likeness (QED) is 0.843. The molecule has 0 aromatic carbocycles. The van der Waals surface area contributed by atoms with Crippen molar-refractivity contribution in [3.05, 3.63) is 37.4 Å². The maximum atomic E-state index is 12.3. The fourth-order valence-electron chi connectivity index (χ4n) is 2.94. The number of hydrogen-bond donors (Lipinski definition) is 1. The van der Waals surface area contributed by atoms with E-state index in [0.29, 0.717) is 17.1 Å². The van der Waals surface area contributed by atoms with Crippen LogP contribution >= 0.6 is 34.3 Å². The van der Waals surface area contributed by atoms with E-state index in [1.165, 1.54) is 16.2 Å². The van der Waals surface area contributed by atoms with Crippen molar-refractivity contribution in [1.29, 1.82) is 5.26 Å². The molecule has 0 saturated heterocycles. The first-order chi connectivity index (χ1) is 11.6. The minimum Gasteiger partial charge on any atom is -0.315 e. The topological polar surface area (TPSA) is 56.1 Å². The molecule has 4 nitrogen and oxygen atoms in total. The maximum absolute atomic E-state index is 12.3. The number of nitriles is 1. The molecule has 7 heteroatoms. The van der Waals surface area contributed by atoms with Crippen molar-refractivity contribution in [3.8, 4) is 6.07 Å². The number of amides is 1. The van der Waals surface area contributed by atoms with Crippen LogP contribution in [0.4, 0.5) is 5.00 Å². The number of likely N-dealkylation sites (N-methyl/N-ethyl adjacent to an activating group) is 1. The van der Waals surface area contributed by atoms with Crippen molar-refractivity contribution in [2.75, 3.05) is 18.9 Å². The molecule has 3 rings (SSSR count). The van der Waals surface area contributed by atoms with Gasteiger partial charge in [0, 0.05) is 16.3 Å². The van der Waals surface area contributed by atoms with Gasteiger partial charge in [0.25, 0.3) is 0 Å². The number of carbonyl (C=O) groups is 1. The van der Waals surface area contributed by atoms with E-state index in [1.54, 1.807) is 11.3 Å². The first kappa shape index (κ1) is 17.4. The van der Waals surface area contributed by atoms with Gasteiger partial charge in [0.1, 0.15) is 11.1 Å². The third-order valence-electron chi connectivity index (χ3n) is 4.00. The molecule has 126 valence electrons. The molecular weight excluding hydrogens is 362 g/mol. The minimum atomic E-state index is -0.0877. The standard InChI is InChI=1S/C17H18ClN3OS2/c1-21(9-11-6-7-15(18)23-11)10-16(22)20-17-13(8-19)12-4-2-3-5-14(12)24-17/h6-7H,2-5,9-10H2,1H3,(H,20,22). The Balaban J connectivity index is 1.62. The average Bonchev–Trinajstić information content (AvgIpc) is 3.09. The number of anilines is 1. The predicted molar refractivity (Wildman–Crippen MR) is 100.0 cm³/mol. The van der Waals surface area contributed by atoms with E-state index >= 15 is 0 Å². The summed E-state index contributed by atoms with van der Waals surface area (Å²) in [6.45, 7) is 0.958. The van der Waals surface area contributed by atoms with E-state index in [2.05, 4.69) is 11.4 Å². The SMILES string of the molecule is CN(CC(=O)Nc1sc2c(c1C#N)CCCC2)Cc1ccc(Cl)s1. The highest BCUT2D eigenvalue weighted by Crippen LogP contribution is 2.37. The van der Waals surface area contributed by atoms with Crippen molar-refractivity contribution in [2.45, 2.75) is 32.2 Å².